The van der Waals surface area contributed by atoms with Crippen molar-refractivity contribution < 1.29 is 13.2 Å². The fourth-order valence-electron chi connectivity index (χ4n) is 2.98. The third kappa shape index (κ3) is 5.51. The summed E-state index contributed by atoms with van der Waals surface area (Å²) in [5.74, 6) is 1.56. The maximum absolute atomic E-state index is 11.6. The largest absolute Gasteiger partial charge is 0.356 e. The molecule has 8 heteroatoms. The molecule has 0 bridgehead atoms. The van der Waals surface area contributed by atoms with Crippen LogP contribution >= 0.6 is 0 Å². The average molecular weight is 356 g/mol. The van der Waals surface area contributed by atoms with Gasteiger partial charge in [0.15, 0.2) is 15.8 Å². The monoisotopic (exact) mass is 356 g/mol. The van der Waals surface area contributed by atoms with Crippen molar-refractivity contribution in [2.45, 2.75) is 20.3 Å². The fourth-order valence-corrected chi connectivity index (χ4v) is 4.84. The van der Waals surface area contributed by atoms with E-state index in [4.69, 9.17) is 0 Å². The van der Waals surface area contributed by atoms with Crippen LogP contribution in [0.25, 0.3) is 0 Å². The number of guanidine groups is 1. The molecule has 2 aliphatic heterocycles. The number of hydrogen-bond donors (Lipinski definition) is 1. The average Bonchev–Trinajstić information content (AvgIpc) is 2.86. The van der Waals surface area contributed by atoms with Gasteiger partial charge in [-0.3, -0.25) is 4.79 Å². The van der Waals surface area contributed by atoms with E-state index < -0.39 is 9.84 Å². The van der Waals surface area contributed by atoms with E-state index in [0.717, 1.165) is 24.6 Å². The molecule has 1 unspecified atom stereocenters. The van der Waals surface area contributed by atoms with Gasteiger partial charge in [-0.05, 0) is 19.3 Å². The van der Waals surface area contributed by atoms with Crippen LogP contribution in [0.5, 0.6) is 0 Å². The molecular formula is C16H28N4O3S. The number of nitrogens with one attached hydrogen (secondary N) is 1. The number of sulfone groups is 1. The van der Waals surface area contributed by atoms with E-state index in [1.54, 1.807) is 6.92 Å². The van der Waals surface area contributed by atoms with Crippen molar-refractivity contribution in [1.29, 1.82) is 0 Å². The van der Waals surface area contributed by atoms with E-state index in [2.05, 4.69) is 21.8 Å². The van der Waals surface area contributed by atoms with Crippen LogP contribution in [0.2, 0.25) is 0 Å². The molecule has 0 aromatic heterocycles. The maximum Gasteiger partial charge on any atom is 0.219 e. The maximum atomic E-state index is 11.6. The highest BCUT2D eigenvalue weighted by atomic mass is 32.2. The molecule has 2 rings (SSSR count). The summed E-state index contributed by atoms with van der Waals surface area (Å²) in [5, 5.41) is 3.34. The Kier molecular flexibility index (Phi) is 6.26. The second kappa shape index (κ2) is 8.00. The summed E-state index contributed by atoms with van der Waals surface area (Å²) in [6.07, 6.45) is 0.710. The molecule has 0 radical (unpaired) electrons. The van der Waals surface area contributed by atoms with Gasteiger partial charge in [0.1, 0.15) is 0 Å². The third-order valence-electron chi connectivity index (χ3n) is 4.40. The third-order valence-corrected chi connectivity index (χ3v) is 6.24. The van der Waals surface area contributed by atoms with E-state index in [1.165, 1.54) is 0 Å². The lowest BCUT2D eigenvalue weighted by molar-refractivity contribution is -0.130. The minimum absolute atomic E-state index is 0.0965. The summed E-state index contributed by atoms with van der Waals surface area (Å²) in [4.78, 5) is 20.0. The highest BCUT2D eigenvalue weighted by molar-refractivity contribution is 7.91. The van der Waals surface area contributed by atoms with Crippen LogP contribution < -0.4 is 5.32 Å². The van der Waals surface area contributed by atoms with Crippen molar-refractivity contribution in [2.75, 3.05) is 50.8 Å². The van der Waals surface area contributed by atoms with Crippen LogP contribution in [0.4, 0.5) is 0 Å². The molecule has 2 heterocycles. The lowest BCUT2D eigenvalue weighted by Crippen LogP contribution is -2.54. The molecular weight excluding hydrogens is 328 g/mol. The second-order valence-electron chi connectivity index (χ2n) is 6.74. The molecule has 1 N–H and O–H groups in total. The van der Waals surface area contributed by atoms with Crippen LogP contribution in [0.3, 0.4) is 0 Å². The Morgan fingerprint density at radius 1 is 1.21 bits per heavy atom. The summed E-state index contributed by atoms with van der Waals surface area (Å²) in [5.41, 5.74) is 0.972. The van der Waals surface area contributed by atoms with Gasteiger partial charge in [-0.2, -0.15) is 0 Å². The Hall–Kier alpha value is -1.57. The smallest absolute Gasteiger partial charge is 0.219 e. The summed E-state index contributed by atoms with van der Waals surface area (Å²) < 4.78 is 23.2. The number of carbonyl (C=O) groups excluding carboxylic acids is 1. The number of carbonyl (C=O) groups is 1. The van der Waals surface area contributed by atoms with E-state index in [9.17, 15) is 13.2 Å². The predicted molar refractivity (Wildman–Crippen MR) is 95.7 cm³/mol. The lowest BCUT2D eigenvalue weighted by Gasteiger charge is -2.36. The number of nitrogens with zero attached hydrogens (tertiary/aromatic N) is 3. The molecule has 0 aromatic rings. The first-order chi connectivity index (χ1) is 11.3. The first-order valence-corrected chi connectivity index (χ1v) is 10.2. The van der Waals surface area contributed by atoms with Crippen molar-refractivity contribution in [3.63, 3.8) is 0 Å². The van der Waals surface area contributed by atoms with Gasteiger partial charge in [0.25, 0.3) is 0 Å². The van der Waals surface area contributed by atoms with E-state index in [-0.39, 0.29) is 23.3 Å². The van der Waals surface area contributed by atoms with E-state index in [0.29, 0.717) is 32.6 Å². The molecule has 0 aliphatic carbocycles. The molecule has 7 nitrogen and oxygen atoms in total. The highest BCUT2D eigenvalue weighted by Gasteiger charge is 2.28. The summed E-state index contributed by atoms with van der Waals surface area (Å²) in [6, 6.07) is 0. The Bertz CT molecular complexity index is 607. The zero-order valence-corrected chi connectivity index (χ0v) is 15.4. The standard InChI is InChI=1S/C16H28N4O3S/c1-13(2)10-17-16(18-11-15-4-9-24(22,23)12-15)20-7-5-19(6-8-20)14(3)21/h15H,1,4-12H2,2-3H3,(H,17,18). The van der Waals surface area contributed by atoms with Crippen molar-refractivity contribution in [1.82, 2.24) is 15.1 Å². The molecule has 1 amide bonds. The Balaban J connectivity index is 1.94. The lowest BCUT2D eigenvalue weighted by atomic mass is 10.1. The van der Waals surface area contributed by atoms with Gasteiger partial charge in [0.2, 0.25) is 5.91 Å². The van der Waals surface area contributed by atoms with Crippen molar-refractivity contribution >= 4 is 21.7 Å². The normalized spacial score (nSPS) is 24.1. The van der Waals surface area contributed by atoms with Crippen LogP contribution in [-0.4, -0.2) is 80.9 Å². The van der Waals surface area contributed by atoms with Gasteiger partial charge in [0.05, 0.1) is 18.1 Å². The number of hydrogen-bond acceptors (Lipinski definition) is 4. The van der Waals surface area contributed by atoms with Gasteiger partial charge in [0, 0.05) is 39.6 Å². The number of piperazine rings is 1. The SMILES string of the molecule is C=C(C)CN=C(NCC1CCS(=O)(=O)C1)N1CCN(C(C)=O)CC1. The molecule has 1 atom stereocenters. The Labute approximate surface area is 144 Å². The topological polar surface area (TPSA) is 82.1 Å². The van der Waals surface area contributed by atoms with Gasteiger partial charge in [-0.1, -0.05) is 12.2 Å². The van der Waals surface area contributed by atoms with E-state index in [1.807, 2.05) is 11.8 Å². The van der Waals surface area contributed by atoms with Crippen LogP contribution in [-0.2, 0) is 14.6 Å². The minimum atomic E-state index is -2.86. The number of aliphatic imine (C=N–C) groups is 1. The van der Waals surface area contributed by atoms with Crippen LogP contribution in [0, 0.1) is 5.92 Å². The van der Waals surface area contributed by atoms with Gasteiger partial charge in [-0.15, -0.1) is 0 Å². The second-order valence-corrected chi connectivity index (χ2v) is 8.97. The van der Waals surface area contributed by atoms with E-state index >= 15 is 0 Å². The Morgan fingerprint density at radius 3 is 2.33 bits per heavy atom. The fraction of sp³-hybridized carbons (Fsp3) is 0.750. The highest BCUT2D eigenvalue weighted by Crippen LogP contribution is 2.17. The molecule has 0 spiro atoms. The van der Waals surface area contributed by atoms with Crippen molar-refractivity contribution in [3.8, 4) is 0 Å². The molecule has 0 aromatic carbocycles. The molecule has 136 valence electrons. The van der Waals surface area contributed by atoms with Crippen molar-refractivity contribution in [2.24, 2.45) is 10.9 Å². The van der Waals surface area contributed by atoms with Crippen molar-refractivity contribution in [3.05, 3.63) is 12.2 Å². The summed E-state index contributed by atoms with van der Waals surface area (Å²) >= 11 is 0. The first-order valence-electron chi connectivity index (χ1n) is 8.40. The molecule has 0 saturated carbocycles. The van der Waals surface area contributed by atoms with Gasteiger partial charge in [-0.25, -0.2) is 13.4 Å². The molecule has 24 heavy (non-hydrogen) atoms. The zero-order chi connectivity index (χ0) is 17.7. The molecule has 2 fully saturated rings. The summed E-state index contributed by atoms with van der Waals surface area (Å²) in [6.45, 7) is 11.4. The molecule has 2 aliphatic rings. The quantitative estimate of drug-likeness (QED) is 0.439. The zero-order valence-electron chi connectivity index (χ0n) is 14.6. The Morgan fingerprint density at radius 2 is 1.83 bits per heavy atom. The number of rotatable bonds is 4. The van der Waals surface area contributed by atoms with Crippen LogP contribution in [0.15, 0.2) is 17.1 Å². The van der Waals surface area contributed by atoms with Crippen LogP contribution in [0.1, 0.15) is 20.3 Å². The predicted octanol–water partition coefficient (Wildman–Crippen LogP) is 0.107. The minimum Gasteiger partial charge on any atom is -0.356 e. The first kappa shape index (κ1) is 18.8. The number of amides is 1. The molecule has 2 saturated heterocycles. The van der Waals surface area contributed by atoms with Gasteiger partial charge >= 0.3 is 0 Å². The summed E-state index contributed by atoms with van der Waals surface area (Å²) in [7, 11) is -2.86. The van der Waals surface area contributed by atoms with Gasteiger partial charge < -0.3 is 15.1 Å².